The Morgan fingerprint density at radius 1 is 1.47 bits per heavy atom. The van der Waals surface area contributed by atoms with E-state index in [1.807, 2.05) is 0 Å². The fraction of sp³-hybridized carbons (Fsp3) is 0.909. The third-order valence-corrected chi connectivity index (χ3v) is 2.90. The van der Waals surface area contributed by atoms with E-state index in [1.54, 1.807) is 0 Å². The molecule has 4 heteroatoms. The van der Waals surface area contributed by atoms with Gasteiger partial charge < -0.3 is 10.6 Å². The molecule has 4 nitrogen and oxygen atoms in total. The standard InChI is InChI=1S/C11H24N4/c1-4-15(5-2)10(3)9-14-11-12-7-6-8-13-11/h10H,4-9H2,1-3H3,(H2,12,13,14)/t10-/m1/s1. The van der Waals surface area contributed by atoms with Gasteiger partial charge in [-0.15, -0.1) is 0 Å². The Morgan fingerprint density at radius 2 is 2.20 bits per heavy atom. The molecule has 0 aliphatic carbocycles. The van der Waals surface area contributed by atoms with E-state index in [0.717, 1.165) is 45.1 Å². The van der Waals surface area contributed by atoms with Gasteiger partial charge in [0.25, 0.3) is 0 Å². The zero-order valence-electron chi connectivity index (χ0n) is 10.2. The maximum atomic E-state index is 4.39. The summed E-state index contributed by atoms with van der Waals surface area (Å²) in [6.45, 7) is 11.8. The summed E-state index contributed by atoms with van der Waals surface area (Å²) in [6, 6.07) is 0.562. The molecular weight excluding hydrogens is 188 g/mol. The molecule has 0 saturated heterocycles. The van der Waals surface area contributed by atoms with Crippen LogP contribution < -0.4 is 10.6 Å². The van der Waals surface area contributed by atoms with Crippen LogP contribution >= 0.6 is 0 Å². The van der Waals surface area contributed by atoms with E-state index in [1.165, 1.54) is 0 Å². The molecule has 0 fully saturated rings. The van der Waals surface area contributed by atoms with E-state index >= 15 is 0 Å². The first-order chi connectivity index (χ1) is 7.27. The largest absolute Gasteiger partial charge is 0.356 e. The zero-order chi connectivity index (χ0) is 11.1. The Hall–Kier alpha value is -0.770. The molecular formula is C11H24N4. The van der Waals surface area contributed by atoms with Crippen LogP contribution in [-0.2, 0) is 0 Å². The van der Waals surface area contributed by atoms with Gasteiger partial charge >= 0.3 is 0 Å². The number of guanidine groups is 1. The fourth-order valence-electron chi connectivity index (χ4n) is 1.87. The first kappa shape index (κ1) is 12.3. The minimum atomic E-state index is 0.562. The molecule has 1 rings (SSSR count). The molecule has 0 radical (unpaired) electrons. The second kappa shape index (κ2) is 6.67. The monoisotopic (exact) mass is 212 g/mol. The minimum absolute atomic E-state index is 0.562. The van der Waals surface area contributed by atoms with Crippen molar-refractivity contribution in [3.05, 3.63) is 0 Å². The van der Waals surface area contributed by atoms with Gasteiger partial charge in [0.2, 0.25) is 0 Å². The van der Waals surface area contributed by atoms with Crippen molar-refractivity contribution in [3.8, 4) is 0 Å². The van der Waals surface area contributed by atoms with E-state index < -0.39 is 0 Å². The van der Waals surface area contributed by atoms with Crippen molar-refractivity contribution in [2.45, 2.75) is 33.2 Å². The van der Waals surface area contributed by atoms with Gasteiger partial charge in [-0.3, -0.25) is 9.89 Å². The van der Waals surface area contributed by atoms with Crippen LogP contribution in [0, 0.1) is 0 Å². The lowest BCUT2D eigenvalue weighted by Gasteiger charge is -2.27. The summed E-state index contributed by atoms with van der Waals surface area (Å²) in [5, 5.41) is 6.64. The Morgan fingerprint density at radius 3 is 2.73 bits per heavy atom. The summed E-state index contributed by atoms with van der Waals surface area (Å²) in [5.41, 5.74) is 0. The van der Waals surface area contributed by atoms with Crippen molar-refractivity contribution in [3.63, 3.8) is 0 Å². The van der Waals surface area contributed by atoms with E-state index in [4.69, 9.17) is 0 Å². The Kier molecular flexibility index (Phi) is 5.47. The molecule has 0 spiro atoms. The van der Waals surface area contributed by atoms with Gasteiger partial charge in [0.1, 0.15) is 0 Å². The van der Waals surface area contributed by atoms with Gasteiger partial charge in [0.05, 0.1) is 0 Å². The summed E-state index contributed by atoms with van der Waals surface area (Å²) >= 11 is 0. The maximum Gasteiger partial charge on any atom is 0.191 e. The first-order valence-electron chi connectivity index (χ1n) is 6.04. The van der Waals surface area contributed by atoms with Gasteiger partial charge in [-0.2, -0.15) is 0 Å². The smallest absolute Gasteiger partial charge is 0.191 e. The highest BCUT2D eigenvalue weighted by molar-refractivity contribution is 5.80. The molecule has 0 aromatic rings. The van der Waals surface area contributed by atoms with Crippen molar-refractivity contribution < 1.29 is 0 Å². The van der Waals surface area contributed by atoms with E-state index in [2.05, 4.69) is 41.3 Å². The van der Waals surface area contributed by atoms with Crippen LogP contribution in [0.2, 0.25) is 0 Å². The van der Waals surface area contributed by atoms with Gasteiger partial charge in [-0.25, -0.2) is 0 Å². The minimum Gasteiger partial charge on any atom is -0.356 e. The van der Waals surface area contributed by atoms with Crippen LogP contribution in [0.1, 0.15) is 27.2 Å². The highest BCUT2D eigenvalue weighted by atomic mass is 15.2. The Bertz CT molecular complexity index is 199. The Labute approximate surface area is 93.1 Å². The number of nitrogens with one attached hydrogen (secondary N) is 2. The summed E-state index contributed by atoms with van der Waals surface area (Å²) < 4.78 is 0. The number of nitrogens with zero attached hydrogens (tertiary/aromatic N) is 2. The average molecular weight is 212 g/mol. The van der Waals surface area contributed by atoms with Gasteiger partial charge in [-0.1, -0.05) is 13.8 Å². The lowest BCUT2D eigenvalue weighted by molar-refractivity contribution is 0.231. The Balaban J connectivity index is 2.25. The number of likely N-dealkylation sites (N-methyl/N-ethyl adjacent to an activating group) is 1. The van der Waals surface area contributed by atoms with Crippen molar-refractivity contribution in [2.75, 3.05) is 32.7 Å². The molecule has 1 aliphatic rings. The third kappa shape index (κ3) is 4.08. The van der Waals surface area contributed by atoms with Crippen LogP contribution in [0.25, 0.3) is 0 Å². The third-order valence-electron chi connectivity index (χ3n) is 2.90. The second-order valence-corrected chi connectivity index (χ2v) is 3.96. The summed E-state index contributed by atoms with van der Waals surface area (Å²) in [5.74, 6) is 0.972. The quantitative estimate of drug-likeness (QED) is 0.703. The molecule has 2 N–H and O–H groups in total. The SMILES string of the molecule is CCN(CC)[C@H](C)CNC1=NCCCN1. The second-order valence-electron chi connectivity index (χ2n) is 3.96. The molecule has 1 aliphatic heterocycles. The highest BCUT2D eigenvalue weighted by Gasteiger charge is 2.10. The molecule has 1 atom stereocenters. The molecule has 0 saturated carbocycles. The van der Waals surface area contributed by atoms with Gasteiger partial charge in [0, 0.05) is 25.7 Å². The summed E-state index contributed by atoms with van der Waals surface area (Å²) in [4.78, 5) is 6.83. The molecule has 0 bridgehead atoms. The lowest BCUT2D eigenvalue weighted by atomic mass is 10.3. The fourth-order valence-corrected chi connectivity index (χ4v) is 1.87. The van der Waals surface area contributed by atoms with Crippen LogP contribution in [0.5, 0.6) is 0 Å². The predicted molar refractivity (Wildman–Crippen MR) is 65.3 cm³/mol. The van der Waals surface area contributed by atoms with E-state index in [9.17, 15) is 0 Å². The van der Waals surface area contributed by atoms with E-state index in [0.29, 0.717) is 6.04 Å². The zero-order valence-corrected chi connectivity index (χ0v) is 10.2. The molecule has 0 aromatic heterocycles. The van der Waals surface area contributed by atoms with Crippen LogP contribution in [0.15, 0.2) is 4.99 Å². The van der Waals surface area contributed by atoms with Crippen LogP contribution in [-0.4, -0.2) is 49.6 Å². The van der Waals surface area contributed by atoms with Gasteiger partial charge in [-0.05, 0) is 26.4 Å². The van der Waals surface area contributed by atoms with E-state index in [-0.39, 0.29) is 0 Å². The predicted octanol–water partition coefficient (Wildman–Crippen LogP) is 0.656. The lowest BCUT2D eigenvalue weighted by Crippen LogP contribution is -2.47. The highest BCUT2D eigenvalue weighted by Crippen LogP contribution is 1.96. The molecule has 0 aromatic carbocycles. The van der Waals surface area contributed by atoms with Crippen molar-refractivity contribution in [1.29, 1.82) is 0 Å². The number of rotatable bonds is 5. The summed E-state index contributed by atoms with van der Waals surface area (Å²) in [7, 11) is 0. The van der Waals surface area contributed by atoms with Crippen LogP contribution in [0.4, 0.5) is 0 Å². The molecule has 15 heavy (non-hydrogen) atoms. The van der Waals surface area contributed by atoms with Crippen LogP contribution in [0.3, 0.4) is 0 Å². The van der Waals surface area contributed by atoms with Crippen molar-refractivity contribution in [1.82, 2.24) is 15.5 Å². The van der Waals surface area contributed by atoms with Crippen molar-refractivity contribution in [2.24, 2.45) is 4.99 Å². The molecule has 0 unspecified atom stereocenters. The maximum absolute atomic E-state index is 4.39. The molecule has 88 valence electrons. The number of aliphatic imine (C=N–C) groups is 1. The average Bonchev–Trinajstić information content (AvgIpc) is 2.29. The topological polar surface area (TPSA) is 39.7 Å². The molecule has 1 heterocycles. The number of hydrogen-bond acceptors (Lipinski definition) is 4. The molecule has 0 amide bonds. The summed E-state index contributed by atoms with van der Waals surface area (Å²) in [6.07, 6.45) is 1.15. The number of hydrogen-bond donors (Lipinski definition) is 2. The van der Waals surface area contributed by atoms with Gasteiger partial charge in [0.15, 0.2) is 5.96 Å². The normalized spacial score (nSPS) is 18.3. The van der Waals surface area contributed by atoms with Crippen molar-refractivity contribution >= 4 is 5.96 Å². The first-order valence-corrected chi connectivity index (χ1v) is 6.04.